The Hall–Kier alpha value is -1.19. The Bertz CT molecular complexity index is 537. The second-order valence-corrected chi connectivity index (χ2v) is 8.61. The lowest BCUT2D eigenvalue weighted by molar-refractivity contribution is -0.139. The van der Waals surface area contributed by atoms with Crippen LogP contribution < -0.4 is 0 Å². The van der Waals surface area contributed by atoms with E-state index in [1.165, 1.54) is 0 Å². The number of carbonyl (C=O) groups is 2. The molecule has 8 nitrogen and oxygen atoms in total. The lowest BCUT2D eigenvalue weighted by atomic mass is 10.2. The normalized spacial score (nSPS) is 20.2. The lowest BCUT2D eigenvalue weighted by Crippen LogP contribution is -2.51. The molecule has 2 rings (SSSR count). The van der Waals surface area contributed by atoms with Crippen molar-refractivity contribution in [2.45, 2.75) is 12.8 Å². The Labute approximate surface area is 143 Å². The van der Waals surface area contributed by atoms with Crippen molar-refractivity contribution in [1.82, 2.24) is 14.7 Å². The van der Waals surface area contributed by atoms with E-state index in [2.05, 4.69) is 4.90 Å². The van der Waals surface area contributed by atoms with Crippen molar-refractivity contribution < 1.29 is 22.7 Å². The Kier molecular flexibility index (Phi) is 7.00. The van der Waals surface area contributed by atoms with E-state index in [-0.39, 0.29) is 24.0 Å². The van der Waals surface area contributed by atoms with Gasteiger partial charge in [-0.25, -0.2) is 8.42 Å². The van der Waals surface area contributed by atoms with Gasteiger partial charge in [0, 0.05) is 64.9 Å². The SMILES string of the molecule is CS(=O)(=O)CCC(=O)N1CCN(C(=O)CCN2CCOCC2)CC1. The quantitative estimate of drug-likeness (QED) is 0.592. The molecule has 2 saturated heterocycles. The summed E-state index contributed by atoms with van der Waals surface area (Å²) in [6.45, 7) is 5.93. The van der Waals surface area contributed by atoms with E-state index >= 15 is 0 Å². The highest BCUT2D eigenvalue weighted by atomic mass is 32.2. The maximum absolute atomic E-state index is 12.3. The van der Waals surface area contributed by atoms with Crippen LogP contribution >= 0.6 is 0 Å². The number of morpholine rings is 1. The molecule has 0 radical (unpaired) electrons. The fourth-order valence-electron chi connectivity index (χ4n) is 2.87. The van der Waals surface area contributed by atoms with Crippen molar-refractivity contribution in [3.63, 3.8) is 0 Å². The third kappa shape index (κ3) is 6.37. The zero-order valence-corrected chi connectivity index (χ0v) is 15.1. The third-order valence-electron chi connectivity index (χ3n) is 4.42. The first-order valence-corrected chi connectivity index (χ1v) is 10.4. The van der Waals surface area contributed by atoms with Crippen LogP contribution in [0.3, 0.4) is 0 Å². The van der Waals surface area contributed by atoms with Crippen LogP contribution in [-0.2, 0) is 24.2 Å². The molecule has 138 valence electrons. The zero-order valence-electron chi connectivity index (χ0n) is 14.3. The second-order valence-electron chi connectivity index (χ2n) is 6.35. The first-order chi connectivity index (χ1) is 11.3. The summed E-state index contributed by atoms with van der Waals surface area (Å²) in [5.74, 6) is -0.157. The third-order valence-corrected chi connectivity index (χ3v) is 5.36. The molecular formula is C15H27N3O5S. The van der Waals surface area contributed by atoms with Crippen LogP contribution in [0.25, 0.3) is 0 Å². The summed E-state index contributed by atoms with van der Waals surface area (Å²) >= 11 is 0. The number of nitrogens with zero attached hydrogens (tertiary/aromatic N) is 3. The number of sulfone groups is 1. The maximum Gasteiger partial charge on any atom is 0.223 e. The van der Waals surface area contributed by atoms with E-state index in [9.17, 15) is 18.0 Å². The Morgan fingerprint density at radius 1 is 0.875 bits per heavy atom. The van der Waals surface area contributed by atoms with E-state index < -0.39 is 9.84 Å². The molecule has 0 N–H and O–H groups in total. The molecule has 2 fully saturated rings. The van der Waals surface area contributed by atoms with Crippen LogP contribution in [0.1, 0.15) is 12.8 Å². The molecule has 2 amide bonds. The van der Waals surface area contributed by atoms with Crippen LogP contribution in [0.2, 0.25) is 0 Å². The smallest absolute Gasteiger partial charge is 0.223 e. The lowest BCUT2D eigenvalue weighted by Gasteiger charge is -2.35. The summed E-state index contributed by atoms with van der Waals surface area (Å²) in [7, 11) is -3.13. The molecule has 2 aliphatic heterocycles. The molecule has 0 spiro atoms. The van der Waals surface area contributed by atoms with Crippen LogP contribution in [-0.4, -0.2) is 106 Å². The number of ether oxygens (including phenoxy) is 1. The summed E-state index contributed by atoms with van der Waals surface area (Å²) in [6, 6.07) is 0. The van der Waals surface area contributed by atoms with E-state index in [4.69, 9.17) is 4.74 Å². The average molecular weight is 361 g/mol. The molecule has 2 aliphatic rings. The molecular weight excluding hydrogens is 334 g/mol. The van der Waals surface area contributed by atoms with Crippen LogP contribution in [0.4, 0.5) is 0 Å². The highest BCUT2D eigenvalue weighted by Crippen LogP contribution is 2.07. The van der Waals surface area contributed by atoms with E-state index in [1.807, 2.05) is 0 Å². The molecule has 0 atom stereocenters. The monoisotopic (exact) mass is 361 g/mol. The molecule has 0 bridgehead atoms. The molecule has 0 saturated carbocycles. The number of rotatable bonds is 6. The van der Waals surface area contributed by atoms with Gasteiger partial charge in [-0.15, -0.1) is 0 Å². The van der Waals surface area contributed by atoms with E-state index in [0.717, 1.165) is 39.1 Å². The van der Waals surface area contributed by atoms with Gasteiger partial charge in [0.2, 0.25) is 11.8 Å². The number of carbonyl (C=O) groups excluding carboxylic acids is 2. The molecule has 24 heavy (non-hydrogen) atoms. The van der Waals surface area contributed by atoms with Crippen molar-refractivity contribution in [3.8, 4) is 0 Å². The van der Waals surface area contributed by atoms with Crippen molar-refractivity contribution in [1.29, 1.82) is 0 Å². The van der Waals surface area contributed by atoms with Gasteiger partial charge in [0.05, 0.1) is 19.0 Å². The highest BCUT2D eigenvalue weighted by Gasteiger charge is 2.24. The van der Waals surface area contributed by atoms with E-state index in [1.54, 1.807) is 9.80 Å². The Morgan fingerprint density at radius 3 is 1.88 bits per heavy atom. The fraction of sp³-hybridized carbons (Fsp3) is 0.867. The summed E-state index contributed by atoms with van der Waals surface area (Å²) in [6.07, 6.45) is 1.64. The molecule has 0 aromatic heterocycles. The van der Waals surface area contributed by atoms with Crippen molar-refractivity contribution in [2.24, 2.45) is 0 Å². The zero-order chi connectivity index (χ0) is 17.6. The fourth-order valence-corrected chi connectivity index (χ4v) is 3.42. The van der Waals surface area contributed by atoms with Gasteiger partial charge in [-0.1, -0.05) is 0 Å². The van der Waals surface area contributed by atoms with Crippen LogP contribution in [0, 0.1) is 0 Å². The number of hydrogen-bond acceptors (Lipinski definition) is 6. The van der Waals surface area contributed by atoms with Crippen molar-refractivity contribution in [3.05, 3.63) is 0 Å². The number of amides is 2. The summed E-state index contributed by atoms with van der Waals surface area (Å²) in [5.41, 5.74) is 0. The molecule has 0 aromatic rings. The first-order valence-electron chi connectivity index (χ1n) is 8.38. The molecule has 9 heteroatoms. The van der Waals surface area contributed by atoms with Gasteiger partial charge in [-0.05, 0) is 0 Å². The van der Waals surface area contributed by atoms with Gasteiger partial charge in [0.1, 0.15) is 9.84 Å². The largest absolute Gasteiger partial charge is 0.379 e. The predicted molar refractivity (Wildman–Crippen MR) is 89.4 cm³/mol. The van der Waals surface area contributed by atoms with Gasteiger partial charge >= 0.3 is 0 Å². The summed E-state index contributed by atoms with van der Waals surface area (Å²) in [5, 5.41) is 0. The molecule has 0 aromatic carbocycles. The minimum Gasteiger partial charge on any atom is -0.379 e. The molecule has 2 heterocycles. The minimum absolute atomic E-state index is 0.0177. The Balaban J connectivity index is 1.67. The number of piperazine rings is 1. The Morgan fingerprint density at radius 2 is 1.38 bits per heavy atom. The van der Waals surface area contributed by atoms with Gasteiger partial charge < -0.3 is 14.5 Å². The number of hydrogen-bond donors (Lipinski definition) is 0. The second kappa shape index (κ2) is 8.77. The average Bonchev–Trinajstić information content (AvgIpc) is 2.58. The highest BCUT2D eigenvalue weighted by molar-refractivity contribution is 7.90. The van der Waals surface area contributed by atoms with Gasteiger partial charge in [-0.2, -0.15) is 0 Å². The topological polar surface area (TPSA) is 87.2 Å². The van der Waals surface area contributed by atoms with Crippen molar-refractivity contribution in [2.75, 3.05) is 71.0 Å². The standard InChI is InChI=1S/C15H27N3O5S/c1-24(21,22)13-3-15(20)18-7-5-17(6-8-18)14(19)2-4-16-9-11-23-12-10-16/h2-13H2,1H3. The van der Waals surface area contributed by atoms with Crippen molar-refractivity contribution >= 4 is 21.7 Å². The molecule has 0 aliphatic carbocycles. The van der Waals surface area contributed by atoms with E-state index in [0.29, 0.717) is 32.6 Å². The minimum atomic E-state index is -3.13. The van der Waals surface area contributed by atoms with Gasteiger partial charge in [-0.3, -0.25) is 14.5 Å². The summed E-state index contributed by atoms with van der Waals surface area (Å²) < 4.78 is 27.5. The molecule has 0 unspecified atom stereocenters. The van der Waals surface area contributed by atoms with Crippen LogP contribution in [0.15, 0.2) is 0 Å². The summed E-state index contributed by atoms with van der Waals surface area (Å²) in [4.78, 5) is 29.9. The van der Waals surface area contributed by atoms with Crippen LogP contribution in [0.5, 0.6) is 0 Å². The van der Waals surface area contributed by atoms with Gasteiger partial charge in [0.25, 0.3) is 0 Å². The predicted octanol–water partition coefficient (Wildman–Crippen LogP) is -1.19. The first kappa shape index (κ1) is 19.1. The maximum atomic E-state index is 12.3. The van der Waals surface area contributed by atoms with Gasteiger partial charge in [0.15, 0.2) is 0 Å².